The van der Waals surface area contributed by atoms with Gasteiger partial charge in [0.2, 0.25) is 5.91 Å². The fourth-order valence-electron chi connectivity index (χ4n) is 2.07. The van der Waals surface area contributed by atoms with Gasteiger partial charge in [-0.15, -0.1) is 6.58 Å². The third-order valence-corrected chi connectivity index (χ3v) is 3.08. The van der Waals surface area contributed by atoms with Crippen molar-refractivity contribution in [3.8, 4) is 11.5 Å². The number of amides is 1. The van der Waals surface area contributed by atoms with E-state index in [0.717, 1.165) is 11.1 Å². The molecule has 3 N–H and O–H groups in total. The van der Waals surface area contributed by atoms with Gasteiger partial charge in [0.1, 0.15) is 0 Å². The molecule has 116 valence electrons. The Labute approximate surface area is 126 Å². The second kappa shape index (κ2) is 9.02. The van der Waals surface area contributed by atoms with Crippen molar-refractivity contribution in [2.75, 3.05) is 20.8 Å². The first-order valence-corrected chi connectivity index (χ1v) is 6.97. The summed E-state index contributed by atoms with van der Waals surface area (Å²) >= 11 is 0. The van der Waals surface area contributed by atoms with Gasteiger partial charge in [0.05, 0.1) is 14.2 Å². The van der Waals surface area contributed by atoms with Crippen molar-refractivity contribution in [1.29, 1.82) is 0 Å². The lowest BCUT2D eigenvalue weighted by Gasteiger charge is -2.14. The van der Waals surface area contributed by atoms with E-state index in [1.165, 1.54) is 0 Å². The highest BCUT2D eigenvalue weighted by Crippen LogP contribution is 2.33. The highest BCUT2D eigenvalue weighted by molar-refractivity contribution is 5.75. The topological polar surface area (TPSA) is 73.6 Å². The minimum atomic E-state index is 0.000468. The number of benzene rings is 1. The van der Waals surface area contributed by atoms with E-state index < -0.39 is 0 Å². The lowest BCUT2D eigenvalue weighted by Crippen LogP contribution is -2.23. The predicted octanol–water partition coefficient (Wildman–Crippen LogP) is 1.79. The molecule has 5 nitrogen and oxygen atoms in total. The molecule has 5 heteroatoms. The number of nitrogens with two attached hydrogens (primary N) is 1. The standard InChI is InChI=1S/C16H24N2O3/c1-4-6-13-9-12(10-14(20-2)16(13)21-3)11-18-15(19)7-5-8-17/h4,9-10H,1,5-8,11,17H2,2-3H3,(H,18,19). The molecule has 0 aromatic heterocycles. The zero-order chi connectivity index (χ0) is 15.7. The van der Waals surface area contributed by atoms with Gasteiger partial charge in [0.15, 0.2) is 11.5 Å². The minimum absolute atomic E-state index is 0.000468. The van der Waals surface area contributed by atoms with Gasteiger partial charge in [-0.05, 0) is 37.1 Å². The summed E-state index contributed by atoms with van der Waals surface area (Å²) in [7, 11) is 3.21. The maximum Gasteiger partial charge on any atom is 0.220 e. The summed E-state index contributed by atoms with van der Waals surface area (Å²) in [6, 6.07) is 3.86. The summed E-state index contributed by atoms with van der Waals surface area (Å²) in [4.78, 5) is 11.6. The van der Waals surface area contributed by atoms with E-state index in [0.29, 0.717) is 43.9 Å². The van der Waals surface area contributed by atoms with Crippen LogP contribution in [0.4, 0.5) is 0 Å². The van der Waals surface area contributed by atoms with Crippen LogP contribution in [0.5, 0.6) is 11.5 Å². The van der Waals surface area contributed by atoms with Gasteiger partial charge < -0.3 is 20.5 Å². The van der Waals surface area contributed by atoms with Gasteiger partial charge in [-0.1, -0.05) is 6.08 Å². The first kappa shape index (κ1) is 17.0. The predicted molar refractivity (Wildman–Crippen MR) is 83.6 cm³/mol. The molecule has 0 saturated carbocycles. The largest absolute Gasteiger partial charge is 0.493 e. The Kier molecular flexibility index (Phi) is 7.32. The number of methoxy groups -OCH3 is 2. The molecular weight excluding hydrogens is 268 g/mol. The molecule has 0 heterocycles. The molecule has 1 rings (SSSR count). The number of ether oxygens (including phenoxy) is 2. The normalized spacial score (nSPS) is 10.0. The number of carbonyl (C=O) groups excluding carboxylic acids is 1. The fourth-order valence-corrected chi connectivity index (χ4v) is 2.07. The molecule has 0 fully saturated rings. The summed E-state index contributed by atoms with van der Waals surface area (Å²) in [6.07, 6.45) is 3.62. The number of hydrogen-bond acceptors (Lipinski definition) is 4. The smallest absolute Gasteiger partial charge is 0.220 e. The van der Waals surface area contributed by atoms with Crippen LogP contribution in [0.1, 0.15) is 24.0 Å². The number of carbonyl (C=O) groups is 1. The Morgan fingerprint density at radius 3 is 2.71 bits per heavy atom. The molecule has 0 radical (unpaired) electrons. The van der Waals surface area contributed by atoms with Crippen LogP contribution >= 0.6 is 0 Å². The van der Waals surface area contributed by atoms with Crippen molar-refractivity contribution in [3.63, 3.8) is 0 Å². The van der Waals surface area contributed by atoms with Gasteiger partial charge in [0.25, 0.3) is 0 Å². The molecule has 0 atom stereocenters. The lowest BCUT2D eigenvalue weighted by molar-refractivity contribution is -0.121. The van der Waals surface area contributed by atoms with Crippen LogP contribution in [-0.2, 0) is 17.8 Å². The number of hydrogen-bond donors (Lipinski definition) is 2. The first-order chi connectivity index (χ1) is 10.2. The van der Waals surface area contributed by atoms with Crippen LogP contribution in [0.25, 0.3) is 0 Å². The van der Waals surface area contributed by atoms with Crippen molar-refractivity contribution in [2.45, 2.75) is 25.8 Å². The zero-order valence-electron chi connectivity index (χ0n) is 12.8. The van der Waals surface area contributed by atoms with Crippen LogP contribution < -0.4 is 20.5 Å². The van der Waals surface area contributed by atoms with Crippen molar-refractivity contribution in [3.05, 3.63) is 35.9 Å². The van der Waals surface area contributed by atoms with E-state index in [1.54, 1.807) is 20.3 Å². The molecule has 0 bridgehead atoms. The summed E-state index contributed by atoms with van der Waals surface area (Å²) in [6.45, 7) is 4.72. The van der Waals surface area contributed by atoms with Gasteiger partial charge in [0, 0.05) is 18.5 Å². The average Bonchev–Trinajstić information content (AvgIpc) is 2.50. The molecule has 1 amide bonds. The van der Waals surface area contributed by atoms with Crippen molar-refractivity contribution < 1.29 is 14.3 Å². The van der Waals surface area contributed by atoms with Gasteiger partial charge in [-0.25, -0.2) is 0 Å². The van der Waals surface area contributed by atoms with E-state index in [4.69, 9.17) is 15.2 Å². The number of nitrogens with one attached hydrogen (secondary N) is 1. The molecule has 0 spiro atoms. The van der Waals surface area contributed by atoms with E-state index in [9.17, 15) is 4.79 Å². The summed E-state index contributed by atoms with van der Waals surface area (Å²) in [5.41, 5.74) is 7.34. The van der Waals surface area contributed by atoms with Crippen molar-refractivity contribution in [1.82, 2.24) is 5.32 Å². The van der Waals surface area contributed by atoms with Crippen molar-refractivity contribution in [2.24, 2.45) is 5.73 Å². The molecule has 0 aliphatic rings. The first-order valence-electron chi connectivity index (χ1n) is 6.97. The van der Waals surface area contributed by atoms with Gasteiger partial charge >= 0.3 is 0 Å². The molecule has 0 saturated heterocycles. The van der Waals surface area contributed by atoms with Gasteiger partial charge in [-0.2, -0.15) is 0 Å². The van der Waals surface area contributed by atoms with E-state index in [-0.39, 0.29) is 5.91 Å². The molecule has 0 aliphatic heterocycles. The van der Waals surface area contributed by atoms with Crippen LogP contribution in [0.2, 0.25) is 0 Å². The highest BCUT2D eigenvalue weighted by Gasteiger charge is 2.12. The Balaban J connectivity index is 2.84. The third-order valence-electron chi connectivity index (χ3n) is 3.08. The van der Waals surface area contributed by atoms with Crippen LogP contribution in [-0.4, -0.2) is 26.7 Å². The second-order valence-corrected chi connectivity index (χ2v) is 4.65. The zero-order valence-corrected chi connectivity index (χ0v) is 12.8. The van der Waals surface area contributed by atoms with Gasteiger partial charge in [-0.3, -0.25) is 4.79 Å². The van der Waals surface area contributed by atoms with E-state index in [2.05, 4.69) is 11.9 Å². The van der Waals surface area contributed by atoms with E-state index in [1.807, 2.05) is 12.1 Å². The third kappa shape index (κ3) is 5.11. The SMILES string of the molecule is C=CCc1cc(CNC(=O)CCCN)cc(OC)c1OC. The minimum Gasteiger partial charge on any atom is -0.493 e. The Bertz CT molecular complexity index is 487. The molecule has 21 heavy (non-hydrogen) atoms. The molecule has 1 aromatic rings. The molecule has 0 unspecified atom stereocenters. The monoisotopic (exact) mass is 292 g/mol. The van der Waals surface area contributed by atoms with Crippen molar-refractivity contribution >= 4 is 5.91 Å². The van der Waals surface area contributed by atoms with Crippen LogP contribution in [0.3, 0.4) is 0 Å². The molecular formula is C16H24N2O3. The molecule has 1 aromatic carbocycles. The van der Waals surface area contributed by atoms with Crippen LogP contribution in [0, 0.1) is 0 Å². The van der Waals surface area contributed by atoms with E-state index >= 15 is 0 Å². The van der Waals surface area contributed by atoms with Crippen LogP contribution in [0.15, 0.2) is 24.8 Å². The Morgan fingerprint density at radius 1 is 1.38 bits per heavy atom. The average molecular weight is 292 g/mol. The number of allylic oxidation sites excluding steroid dienone is 1. The second-order valence-electron chi connectivity index (χ2n) is 4.65. The summed E-state index contributed by atoms with van der Waals surface area (Å²) < 4.78 is 10.7. The Morgan fingerprint density at radius 2 is 2.14 bits per heavy atom. The highest BCUT2D eigenvalue weighted by atomic mass is 16.5. The Hall–Kier alpha value is -2.01. The maximum atomic E-state index is 11.6. The molecule has 0 aliphatic carbocycles. The maximum absolute atomic E-state index is 11.6. The quantitative estimate of drug-likeness (QED) is 0.681. The fraction of sp³-hybridized carbons (Fsp3) is 0.438. The lowest BCUT2D eigenvalue weighted by atomic mass is 10.1. The number of rotatable bonds is 9. The summed E-state index contributed by atoms with van der Waals surface area (Å²) in [5, 5.41) is 2.88. The summed E-state index contributed by atoms with van der Waals surface area (Å²) in [5.74, 6) is 1.36.